The first-order chi connectivity index (χ1) is 37.6. The first-order valence-corrected chi connectivity index (χ1v) is 26.2. The van der Waals surface area contributed by atoms with Crippen LogP contribution in [0.15, 0.2) is 303 Å². The van der Waals surface area contributed by atoms with Gasteiger partial charge in [-0.25, -0.2) is 0 Å². The minimum Gasteiger partial charge on any atom is -0.311 e. The van der Waals surface area contributed by atoms with E-state index in [2.05, 4.69) is 277 Å². The molecular weight excluding hydrogens is 995 g/mol. The normalized spacial score (nSPS) is 11.8. The molecule has 2 aliphatic heterocycles. The molecule has 364 valence electrons. The Balaban J connectivity index is 0.000000172. The molecule has 0 bridgehead atoms. The van der Waals surface area contributed by atoms with Crippen molar-refractivity contribution >= 4 is 67.1 Å². The largest absolute Gasteiger partial charge is 0.311 e. The van der Waals surface area contributed by atoms with Crippen molar-refractivity contribution < 1.29 is 0 Å². The van der Waals surface area contributed by atoms with Gasteiger partial charge < -0.3 is 14.7 Å². The second kappa shape index (κ2) is 21.9. The molecule has 0 aromatic heterocycles. The third kappa shape index (κ3) is 9.85. The molecule has 0 N–H and O–H groups in total. The maximum Gasteiger partial charge on any atom is 0.131 e. The lowest BCUT2D eigenvalue weighted by molar-refractivity contribution is 1.06. The van der Waals surface area contributed by atoms with E-state index in [4.69, 9.17) is 9.98 Å². The highest BCUT2D eigenvalue weighted by atomic mass is 79.9. The van der Waals surface area contributed by atoms with E-state index in [-0.39, 0.29) is 0 Å². The molecule has 0 spiro atoms. The van der Waals surface area contributed by atoms with Crippen molar-refractivity contribution in [1.29, 1.82) is 0 Å². The average molecular weight is 1050 g/mol. The maximum atomic E-state index is 4.85. The molecule has 0 unspecified atom stereocenters. The Kier molecular flexibility index (Phi) is 13.7. The van der Waals surface area contributed by atoms with Crippen molar-refractivity contribution in [2.24, 2.45) is 20.0 Å². The summed E-state index contributed by atoms with van der Waals surface area (Å²) in [6.07, 6.45) is 0. The fourth-order valence-corrected chi connectivity index (χ4v) is 10.4. The Morgan fingerprint density at radius 2 is 0.434 bits per heavy atom. The number of nitrogens with zero attached hydrogens (tertiary/aromatic N) is 7. The van der Waals surface area contributed by atoms with Gasteiger partial charge in [-0.3, -0.25) is 20.0 Å². The van der Waals surface area contributed by atoms with Crippen molar-refractivity contribution in [3.63, 3.8) is 0 Å². The Hall–Kier alpha value is -9.50. The third-order valence-corrected chi connectivity index (χ3v) is 14.2. The van der Waals surface area contributed by atoms with Crippen LogP contribution in [0, 0.1) is 0 Å². The standard InChI is InChI=1S/C43H32N4.C25H18BrN3/c1-5-13-34(14-6-1)46(35-15-7-2-8-16-35)38-25-21-32(22-26-38)40-29-30-41(43-42(40)44-31-45-43)33-23-27-39(28-24-33)47(36-17-9-3-10-18-36)37-19-11-4-12-20-37;26-23-16-15-22(24-25(23)28-17-27-24)18-11-13-21(14-12-18)29(19-7-3-1-4-8-19)20-9-5-2-6-10-20/h1-30H,31H2;1-16H,17H2. The van der Waals surface area contributed by atoms with Gasteiger partial charge in [0.2, 0.25) is 0 Å². The van der Waals surface area contributed by atoms with E-state index in [1.54, 1.807) is 0 Å². The van der Waals surface area contributed by atoms with Crippen LogP contribution in [-0.4, -0.2) is 13.3 Å². The van der Waals surface area contributed by atoms with Gasteiger partial charge in [-0.15, -0.1) is 0 Å². The van der Waals surface area contributed by atoms with Crippen LogP contribution in [-0.2, 0) is 0 Å². The zero-order valence-corrected chi connectivity index (χ0v) is 43.1. The molecule has 7 nitrogen and oxygen atoms in total. The first kappa shape index (κ1) is 47.5. The smallest absolute Gasteiger partial charge is 0.131 e. The molecular formula is C68H50BrN7. The second-order valence-electron chi connectivity index (χ2n) is 18.2. The highest BCUT2D eigenvalue weighted by Crippen LogP contribution is 2.38. The van der Waals surface area contributed by atoms with Gasteiger partial charge >= 0.3 is 0 Å². The van der Waals surface area contributed by atoms with Gasteiger partial charge in [-0.05, 0) is 148 Å². The van der Waals surface area contributed by atoms with Gasteiger partial charge in [0.15, 0.2) is 0 Å². The zero-order valence-electron chi connectivity index (χ0n) is 41.5. The number of fused-ring (bicyclic) bond motifs is 2. The van der Waals surface area contributed by atoms with Crippen LogP contribution < -0.4 is 36.1 Å². The van der Waals surface area contributed by atoms with Crippen LogP contribution >= 0.6 is 15.9 Å². The molecule has 76 heavy (non-hydrogen) atoms. The number of hydrogen-bond acceptors (Lipinski definition) is 7. The first-order valence-electron chi connectivity index (χ1n) is 25.4. The summed E-state index contributed by atoms with van der Waals surface area (Å²) < 4.78 is 0.994. The molecule has 11 aromatic carbocycles. The van der Waals surface area contributed by atoms with Crippen molar-refractivity contribution in [3.8, 4) is 33.4 Å². The fourth-order valence-electron chi connectivity index (χ4n) is 9.99. The molecule has 11 aromatic rings. The Morgan fingerprint density at radius 3 is 0.697 bits per heavy atom. The number of rotatable bonds is 12. The molecule has 0 saturated heterocycles. The highest BCUT2D eigenvalue weighted by Gasteiger charge is 2.18. The number of benzene rings is 11. The van der Waals surface area contributed by atoms with E-state index >= 15 is 0 Å². The van der Waals surface area contributed by atoms with Gasteiger partial charge in [0.1, 0.15) is 13.3 Å². The van der Waals surface area contributed by atoms with Gasteiger partial charge in [0, 0.05) is 72.3 Å². The van der Waals surface area contributed by atoms with Gasteiger partial charge in [-0.1, -0.05) is 164 Å². The maximum absolute atomic E-state index is 4.85. The molecule has 2 aliphatic rings. The summed E-state index contributed by atoms with van der Waals surface area (Å²) in [6, 6.07) is 97.4. The lowest BCUT2D eigenvalue weighted by atomic mass is 9.98. The van der Waals surface area contributed by atoms with Crippen molar-refractivity contribution in [1.82, 2.24) is 0 Å². The molecule has 13 rings (SSSR count). The average Bonchev–Trinajstić information content (AvgIpc) is 4.21. The van der Waals surface area contributed by atoms with E-state index in [9.17, 15) is 0 Å². The second-order valence-corrected chi connectivity index (χ2v) is 19.1. The Morgan fingerprint density at radius 1 is 0.224 bits per heavy atom. The van der Waals surface area contributed by atoms with Crippen molar-refractivity contribution in [2.75, 3.05) is 28.0 Å². The summed E-state index contributed by atoms with van der Waals surface area (Å²) in [5.41, 5.74) is 16.7. The van der Waals surface area contributed by atoms with Crippen LogP contribution in [0.4, 0.5) is 51.2 Å². The van der Waals surface area contributed by atoms with E-state index in [1.807, 2.05) is 42.5 Å². The summed E-state index contributed by atoms with van der Waals surface area (Å²) in [5.74, 6) is 0. The molecule has 0 saturated carbocycles. The Labute approximate surface area is 450 Å². The van der Waals surface area contributed by atoms with Gasteiger partial charge in [-0.2, -0.15) is 0 Å². The fraction of sp³-hybridized carbons (Fsp3) is 0.0294. The predicted molar refractivity (Wildman–Crippen MR) is 315 cm³/mol. The van der Waals surface area contributed by atoms with Crippen molar-refractivity contribution in [2.45, 2.75) is 0 Å². The zero-order chi connectivity index (χ0) is 51.0. The van der Waals surface area contributed by atoms with Crippen LogP contribution in [0.25, 0.3) is 33.4 Å². The molecule has 0 fully saturated rings. The van der Waals surface area contributed by atoms with Crippen molar-refractivity contribution in [3.05, 3.63) is 305 Å². The summed E-state index contributed by atoms with van der Waals surface area (Å²) in [6.45, 7) is 0.944. The lowest BCUT2D eigenvalue weighted by Crippen LogP contribution is -2.26. The minimum absolute atomic E-state index is 0.446. The van der Waals surface area contributed by atoms with Crippen LogP contribution in [0.2, 0.25) is 0 Å². The monoisotopic (exact) mass is 1040 g/mol. The lowest BCUT2D eigenvalue weighted by Gasteiger charge is -2.25. The van der Waals surface area contributed by atoms with Gasteiger partial charge in [0.25, 0.3) is 0 Å². The summed E-state index contributed by atoms with van der Waals surface area (Å²) >= 11 is 3.58. The number of hydrogen-bond donors (Lipinski definition) is 0. The highest BCUT2D eigenvalue weighted by molar-refractivity contribution is 9.10. The quantitative estimate of drug-likeness (QED) is 0.122. The van der Waals surface area contributed by atoms with E-state index < -0.39 is 0 Å². The number of halogens is 1. The molecule has 0 radical (unpaired) electrons. The predicted octanol–water partition coefficient (Wildman–Crippen LogP) is 16.0. The SMILES string of the molecule is Brc1ccc(-c2ccc(N(c3ccccc3)c3ccccc3)cc2)c2c1=NCN=2.c1ccc(N(c2ccccc2)c2ccc(-c3ccc(-c4ccc(N(c5ccccc5)c5ccccc5)cc4)c4c3=NCN=4)cc2)cc1. The van der Waals surface area contributed by atoms with E-state index in [1.165, 1.54) is 0 Å². The van der Waals surface area contributed by atoms with Crippen LogP contribution in [0.3, 0.4) is 0 Å². The summed E-state index contributed by atoms with van der Waals surface area (Å²) in [5, 5.41) is 3.83. The molecule has 0 atom stereocenters. The number of anilines is 9. The van der Waals surface area contributed by atoms with Gasteiger partial charge in [0.05, 0.1) is 21.4 Å². The molecule has 2 heterocycles. The molecule has 0 aliphatic carbocycles. The van der Waals surface area contributed by atoms with E-state index in [0.717, 1.165) is 110 Å². The third-order valence-electron chi connectivity index (χ3n) is 13.6. The molecule has 8 heteroatoms. The molecule has 0 amide bonds. The summed E-state index contributed by atoms with van der Waals surface area (Å²) in [7, 11) is 0. The topological polar surface area (TPSA) is 59.2 Å². The summed E-state index contributed by atoms with van der Waals surface area (Å²) in [4.78, 5) is 25.6. The Bertz CT molecular complexity index is 3740. The van der Waals surface area contributed by atoms with Crippen LogP contribution in [0.1, 0.15) is 0 Å². The number of para-hydroxylation sites is 6. The van der Waals surface area contributed by atoms with Crippen LogP contribution in [0.5, 0.6) is 0 Å². The van der Waals surface area contributed by atoms with E-state index in [0.29, 0.717) is 13.3 Å². The minimum atomic E-state index is 0.446.